The van der Waals surface area contributed by atoms with Gasteiger partial charge in [0.05, 0.1) is 0 Å². The summed E-state index contributed by atoms with van der Waals surface area (Å²) in [5.74, 6) is -0.459. The van der Waals surface area contributed by atoms with Gasteiger partial charge in [0, 0.05) is 17.0 Å². The van der Waals surface area contributed by atoms with E-state index in [1.54, 1.807) is 24.3 Å². The predicted octanol–water partition coefficient (Wildman–Crippen LogP) is 6.21. The number of benzene rings is 2. The van der Waals surface area contributed by atoms with Gasteiger partial charge in [-0.1, -0.05) is 53.6 Å². The standard InChI is InChI=1S/C18H16ClF3/c1-12-3-4-13(2)17(11-12)16(9-10-18(20,21)22)14-5-7-15(19)8-6-14/h3-11,16H,1-2H3/b10-9+. The maximum Gasteiger partial charge on any atom is 0.409 e. The van der Waals surface area contributed by atoms with Crippen molar-refractivity contribution in [3.63, 3.8) is 0 Å². The maximum absolute atomic E-state index is 12.6. The highest BCUT2D eigenvalue weighted by Crippen LogP contribution is 2.31. The number of halogens is 4. The Balaban J connectivity index is 2.52. The van der Waals surface area contributed by atoms with E-state index in [0.717, 1.165) is 22.3 Å². The second kappa shape index (κ2) is 6.57. The normalized spacial score (nSPS) is 13.5. The molecule has 1 unspecified atom stereocenters. The molecule has 0 aromatic heterocycles. The number of aryl methyl sites for hydroxylation is 2. The van der Waals surface area contributed by atoms with Crippen molar-refractivity contribution in [3.05, 3.63) is 81.9 Å². The Morgan fingerprint density at radius 3 is 2.23 bits per heavy atom. The molecule has 0 saturated heterocycles. The fraction of sp³-hybridized carbons (Fsp3) is 0.222. The van der Waals surface area contributed by atoms with Gasteiger partial charge in [0.25, 0.3) is 0 Å². The molecule has 0 aliphatic heterocycles. The molecule has 0 fully saturated rings. The zero-order chi connectivity index (χ0) is 16.3. The van der Waals surface area contributed by atoms with E-state index < -0.39 is 12.1 Å². The Labute approximate surface area is 133 Å². The lowest BCUT2D eigenvalue weighted by Gasteiger charge is -2.18. The van der Waals surface area contributed by atoms with E-state index in [1.165, 1.54) is 6.08 Å². The molecular weight excluding hydrogens is 309 g/mol. The molecule has 2 aromatic carbocycles. The molecule has 116 valence electrons. The predicted molar refractivity (Wildman–Crippen MR) is 84.4 cm³/mol. The summed E-state index contributed by atoms with van der Waals surface area (Å²) in [5.41, 5.74) is 3.61. The van der Waals surface area contributed by atoms with Crippen LogP contribution < -0.4 is 0 Å². The van der Waals surface area contributed by atoms with Gasteiger partial charge < -0.3 is 0 Å². The van der Waals surface area contributed by atoms with Crippen LogP contribution in [0.5, 0.6) is 0 Å². The minimum absolute atomic E-state index is 0.300. The Kier molecular flexibility index (Phi) is 4.97. The van der Waals surface area contributed by atoms with Gasteiger partial charge in [-0.05, 0) is 42.7 Å². The summed E-state index contributed by atoms with van der Waals surface area (Å²) in [6, 6.07) is 12.7. The first kappa shape index (κ1) is 16.6. The van der Waals surface area contributed by atoms with E-state index in [-0.39, 0.29) is 0 Å². The van der Waals surface area contributed by atoms with Crippen LogP contribution >= 0.6 is 11.6 Å². The average Bonchev–Trinajstić information content (AvgIpc) is 2.43. The van der Waals surface area contributed by atoms with Crippen LogP contribution in [0.2, 0.25) is 5.02 Å². The first-order chi connectivity index (χ1) is 10.3. The zero-order valence-corrected chi connectivity index (χ0v) is 13.0. The highest BCUT2D eigenvalue weighted by atomic mass is 35.5. The lowest BCUT2D eigenvalue weighted by atomic mass is 9.87. The molecule has 0 bridgehead atoms. The Morgan fingerprint density at radius 1 is 1.00 bits per heavy atom. The SMILES string of the molecule is Cc1ccc(C)c(C(/C=C/C(F)(F)F)c2ccc(Cl)cc2)c1. The monoisotopic (exact) mass is 324 g/mol. The van der Waals surface area contributed by atoms with Crippen LogP contribution in [0.25, 0.3) is 0 Å². The van der Waals surface area contributed by atoms with Crippen molar-refractivity contribution in [3.8, 4) is 0 Å². The third-order valence-electron chi connectivity index (χ3n) is 3.48. The van der Waals surface area contributed by atoms with Crippen molar-refractivity contribution in [2.24, 2.45) is 0 Å². The highest BCUT2D eigenvalue weighted by Gasteiger charge is 2.24. The van der Waals surface area contributed by atoms with Crippen LogP contribution in [0.15, 0.2) is 54.6 Å². The van der Waals surface area contributed by atoms with Gasteiger partial charge in [-0.25, -0.2) is 0 Å². The fourth-order valence-corrected chi connectivity index (χ4v) is 2.49. The van der Waals surface area contributed by atoms with E-state index in [9.17, 15) is 13.2 Å². The number of hydrogen-bond acceptors (Lipinski definition) is 0. The topological polar surface area (TPSA) is 0 Å². The fourth-order valence-electron chi connectivity index (χ4n) is 2.36. The summed E-state index contributed by atoms with van der Waals surface area (Å²) in [4.78, 5) is 0. The quantitative estimate of drug-likeness (QED) is 0.589. The second-order valence-corrected chi connectivity index (χ2v) is 5.73. The van der Waals surface area contributed by atoms with E-state index in [4.69, 9.17) is 11.6 Å². The van der Waals surface area contributed by atoms with Crippen LogP contribution in [0, 0.1) is 13.8 Å². The summed E-state index contributed by atoms with van der Waals surface area (Å²) >= 11 is 5.87. The van der Waals surface area contributed by atoms with Gasteiger partial charge in [-0.3, -0.25) is 0 Å². The van der Waals surface area contributed by atoms with E-state index in [0.29, 0.717) is 11.1 Å². The van der Waals surface area contributed by atoms with Crippen LogP contribution in [0.1, 0.15) is 28.2 Å². The third-order valence-corrected chi connectivity index (χ3v) is 3.73. The minimum atomic E-state index is -4.33. The Morgan fingerprint density at radius 2 is 1.64 bits per heavy atom. The highest BCUT2D eigenvalue weighted by molar-refractivity contribution is 6.30. The molecule has 0 radical (unpaired) electrons. The average molecular weight is 325 g/mol. The zero-order valence-electron chi connectivity index (χ0n) is 12.3. The number of alkyl halides is 3. The molecule has 0 saturated carbocycles. The smallest absolute Gasteiger partial charge is 0.167 e. The second-order valence-electron chi connectivity index (χ2n) is 5.29. The lowest BCUT2D eigenvalue weighted by Crippen LogP contribution is -2.05. The van der Waals surface area contributed by atoms with Crippen molar-refractivity contribution in [2.75, 3.05) is 0 Å². The first-order valence-electron chi connectivity index (χ1n) is 6.85. The lowest BCUT2D eigenvalue weighted by molar-refractivity contribution is -0.0800. The molecule has 0 aliphatic carbocycles. The Hall–Kier alpha value is -1.74. The molecule has 0 heterocycles. The van der Waals surface area contributed by atoms with E-state index in [1.807, 2.05) is 32.0 Å². The molecule has 0 N–H and O–H groups in total. The molecular formula is C18H16ClF3. The van der Waals surface area contributed by atoms with Gasteiger partial charge in [0.2, 0.25) is 0 Å². The summed E-state index contributed by atoms with van der Waals surface area (Å²) < 4.78 is 37.8. The van der Waals surface area contributed by atoms with Gasteiger partial charge in [0.15, 0.2) is 0 Å². The first-order valence-corrected chi connectivity index (χ1v) is 7.23. The summed E-state index contributed by atoms with van der Waals surface area (Å²) in [6.45, 7) is 3.83. The Bertz CT molecular complexity index is 670. The third kappa shape index (κ3) is 4.38. The van der Waals surface area contributed by atoms with E-state index in [2.05, 4.69) is 0 Å². The van der Waals surface area contributed by atoms with E-state index >= 15 is 0 Å². The molecule has 0 spiro atoms. The molecule has 2 rings (SSSR count). The van der Waals surface area contributed by atoms with Crippen LogP contribution in [-0.2, 0) is 0 Å². The maximum atomic E-state index is 12.6. The van der Waals surface area contributed by atoms with Gasteiger partial charge in [0.1, 0.15) is 0 Å². The summed E-state index contributed by atoms with van der Waals surface area (Å²) in [6.07, 6.45) is -2.83. The van der Waals surface area contributed by atoms with Gasteiger partial charge >= 0.3 is 6.18 Å². The van der Waals surface area contributed by atoms with Crippen molar-refractivity contribution in [2.45, 2.75) is 25.9 Å². The summed E-state index contributed by atoms with van der Waals surface area (Å²) in [7, 11) is 0. The van der Waals surface area contributed by atoms with Crippen molar-refractivity contribution in [1.29, 1.82) is 0 Å². The summed E-state index contributed by atoms with van der Waals surface area (Å²) in [5, 5.41) is 0.559. The van der Waals surface area contributed by atoms with Crippen molar-refractivity contribution in [1.82, 2.24) is 0 Å². The minimum Gasteiger partial charge on any atom is -0.167 e. The van der Waals surface area contributed by atoms with Gasteiger partial charge in [-0.15, -0.1) is 0 Å². The van der Waals surface area contributed by atoms with Crippen LogP contribution in [-0.4, -0.2) is 6.18 Å². The van der Waals surface area contributed by atoms with Crippen molar-refractivity contribution < 1.29 is 13.2 Å². The number of rotatable bonds is 3. The molecule has 1 atom stereocenters. The molecule has 22 heavy (non-hydrogen) atoms. The number of hydrogen-bond donors (Lipinski definition) is 0. The van der Waals surface area contributed by atoms with Crippen LogP contribution in [0.4, 0.5) is 13.2 Å². The van der Waals surface area contributed by atoms with Gasteiger partial charge in [-0.2, -0.15) is 13.2 Å². The molecule has 0 nitrogen and oxygen atoms in total. The van der Waals surface area contributed by atoms with Crippen LogP contribution in [0.3, 0.4) is 0 Å². The molecule has 0 amide bonds. The largest absolute Gasteiger partial charge is 0.409 e. The molecule has 0 aliphatic rings. The molecule has 2 aromatic rings. The van der Waals surface area contributed by atoms with Crippen molar-refractivity contribution >= 4 is 11.6 Å². The number of allylic oxidation sites excluding steroid dienone is 2. The molecule has 4 heteroatoms.